The first-order valence-electron chi connectivity index (χ1n) is 15.3. The number of fused-ring (bicyclic) bond motifs is 2. The van der Waals surface area contributed by atoms with Crippen molar-refractivity contribution in [3.63, 3.8) is 0 Å². The van der Waals surface area contributed by atoms with Gasteiger partial charge in [-0.25, -0.2) is 0 Å². The SMILES string of the molecule is BN(Cc1ccc2c(c1)OCCO2)C1CCN(CCn2c(=O)cc(C(=O)NC3CCCC3)c3ccc(OC)cc32)CC1. The molecule has 0 radical (unpaired) electrons. The van der Waals surface area contributed by atoms with Gasteiger partial charge in [-0.1, -0.05) is 18.9 Å². The van der Waals surface area contributed by atoms with Crippen LogP contribution in [0, 0.1) is 0 Å². The van der Waals surface area contributed by atoms with Crippen molar-refractivity contribution in [3.8, 4) is 17.2 Å². The molecule has 0 bridgehead atoms. The van der Waals surface area contributed by atoms with Crippen LogP contribution in [-0.2, 0) is 13.1 Å². The fourth-order valence-corrected chi connectivity index (χ4v) is 6.67. The van der Waals surface area contributed by atoms with E-state index in [4.69, 9.17) is 14.2 Å². The summed E-state index contributed by atoms with van der Waals surface area (Å²) < 4.78 is 18.7. The summed E-state index contributed by atoms with van der Waals surface area (Å²) in [6.45, 7) is 5.36. The number of hydrogen-bond donors (Lipinski definition) is 1. The number of pyridine rings is 1. The second-order valence-corrected chi connectivity index (χ2v) is 11.9. The molecule has 1 amide bonds. The molecule has 1 saturated heterocycles. The van der Waals surface area contributed by atoms with E-state index in [1.807, 2.05) is 24.3 Å². The van der Waals surface area contributed by atoms with E-state index in [9.17, 15) is 9.59 Å². The second kappa shape index (κ2) is 12.8. The molecule has 1 aromatic heterocycles. The first-order chi connectivity index (χ1) is 20.5. The molecule has 0 unspecified atom stereocenters. The summed E-state index contributed by atoms with van der Waals surface area (Å²) in [6.07, 6.45) is 6.42. The Morgan fingerprint density at radius 1 is 1.00 bits per heavy atom. The van der Waals surface area contributed by atoms with Gasteiger partial charge in [-0.3, -0.25) is 9.59 Å². The van der Waals surface area contributed by atoms with Crippen LogP contribution in [0.2, 0.25) is 0 Å². The lowest BCUT2D eigenvalue weighted by Crippen LogP contribution is -2.44. The second-order valence-electron chi connectivity index (χ2n) is 11.9. The molecule has 2 fully saturated rings. The zero-order chi connectivity index (χ0) is 29.1. The van der Waals surface area contributed by atoms with Crippen LogP contribution in [0.1, 0.15) is 54.4 Å². The fourth-order valence-electron chi connectivity index (χ4n) is 6.67. The minimum atomic E-state index is -0.163. The highest BCUT2D eigenvalue weighted by Crippen LogP contribution is 2.31. The summed E-state index contributed by atoms with van der Waals surface area (Å²) in [5.74, 6) is 2.17. The third-order valence-electron chi connectivity index (χ3n) is 9.11. The van der Waals surface area contributed by atoms with Crippen LogP contribution < -0.4 is 25.1 Å². The normalized spacial score (nSPS) is 18.0. The van der Waals surface area contributed by atoms with E-state index in [-0.39, 0.29) is 17.5 Å². The first-order valence-corrected chi connectivity index (χ1v) is 15.3. The Morgan fingerprint density at radius 2 is 1.76 bits per heavy atom. The van der Waals surface area contributed by atoms with Gasteiger partial charge in [0.1, 0.15) is 19.0 Å². The number of rotatable bonds is 9. The maximum atomic E-state index is 13.4. The molecule has 1 aliphatic carbocycles. The van der Waals surface area contributed by atoms with E-state index in [1.54, 1.807) is 11.7 Å². The number of benzene rings is 2. The van der Waals surface area contributed by atoms with Gasteiger partial charge in [0.2, 0.25) is 0 Å². The van der Waals surface area contributed by atoms with Crippen LogP contribution in [0.15, 0.2) is 47.3 Å². The molecule has 1 saturated carbocycles. The van der Waals surface area contributed by atoms with E-state index in [0.29, 0.717) is 37.1 Å². The number of nitrogens with zero attached hydrogens (tertiary/aromatic N) is 3. The van der Waals surface area contributed by atoms with Crippen LogP contribution in [0.25, 0.3) is 10.9 Å². The Morgan fingerprint density at radius 3 is 2.52 bits per heavy atom. The van der Waals surface area contributed by atoms with Gasteiger partial charge in [0.05, 0.1) is 18.2 Å². The van der Waals surface area contributed by atoms with Gasteiger partial charge in [0, 0.05) is 49.2 Å². The molecule has 2 aliphatic heterocycles. The summed E-state index contributed by atoms with van der Waals surface area (Å²) >= 11 is 0. The average molecular weight is 573 g/mol. The highest BCUT2D eigenvalue weighted by atomic mass is 16.6. The lowest BCUT2D eigenvalue weighted by molar-refractivity contribution is 0.0939. The van der Waals surface area contributed by atoms with Crippen molar-refractivity contribution in [2.75, 3.05) is 40.0 Å². The van der Waals surface area contributed by atoms with Crippen LogP contribution in [-0.4, -0.2) is 80.2 Å². The highest BCUT2D eigenvalue weighted by Gasteiger charge is 2.24. The number of nitrogens with one attached hydrogen (secondary N) is 1. The molecule has 0 atom stereocenters. The van der Waals surface area contributed by atoms with Gasteiger partial charge in [-0.15, -0.1) is 0 Å². The number of carbonyl (C=O) groups is 1. The highest BCUT2D eigenvalue weighted by molar-refractivity contribution is 6.06. The third kappa shape index (κ3) is 6.29. The number of amides is 1. The van der Waals surface area contributed by atoms with Crippen molar-refractivity contribution in [1.29, 1.82) is 0 Å². The molecule has 9 nitrogen and oxygen atoms in total. The Bertz CT molecular complexity index is 1480. The van der Waals surface area contributed by atoms with E-state index in [0.717, 1.165) is 87.1 Å². The lowest BCUT2D eigenvalue weighted by atomic mass is 9.99. The summed E-state index contributed by atoms with van der Waals surface area (Å²) in [7, 11) is 3.82. The maximum Gasteiger partial charge on any atom is 0.252 e. The molecule has 10 heteroatoms. The van der Waals surface area contributed by atoms with Gasteiger partial charge in [-0.05, 0) is 68.6 Å². The van der Waals surface area contributed by atoms with E-state index in [1.165, 1.54) is 11.6 Å². The molecule has 222 valence electrons. The molecular weight excluding hydrogens is 531 g/mol. The van der Waals surface area contributed by atoms with Gasteiger partial charge in [-0.2, -0.15) is 0 Å². The van der Waals surface area contributed by atoms with Crippen LogP contribution >= 0.6 is 0 Å². The van der Waals surface area contributed by atoms with Crippen LogP contribution in [0.5, 0.6) is 17.2 Å². The Kier molecular flexibility index (Phi) is 8.72. The smallest absolute Gasteiger partial charge is 0.252 e. The molecule has 3 heterocycles. The predicted octanol–water partition coefficient (Wildman–Crippen LogP) is 2.97. The molecule has 1 N–H and O–H groups in total. The van der Waals surface area contributed by atoms with E-state index >= 15 is 0 Å². The summed E-state index contributed by atoms with van der Waals surface area (Å²) in [5.41, 5.74) is 2.27. The third-order valence-corrected chi connectivity index (χ3v) is 9.11. The predicted molar refractivity (Wildman–Crippen MR) is 165 cm³/mol. The molecule has 3 aromatic rings. The standard InChI is InChI=1S/C32H41BN4O5/c1-40-25-7-8-26-27(32(39)34-23-4-2-3-5-23)20-31(38)36(28(26)19-25)15-14-35-12-10-24(11-13-35)37(33)21-22-6-9-29-30(18-22)42-17-16-41-29/h6-9,18-20,23-24H,2-5,10-17,21,33H2,1H3,(H,34,39). The van der Waals surface area contributed by atoms with Crippen molar-refractivity contribution in [1.82, 2.24) is 19.6 Å². The average Bonchev–Trinajstić information content (AvgIpc) is 3.53. The quantitative estimate of drug-likeness (QED) is 0.395. The van der Waals surface area contributed by atoms with Gasteiger partial charge >= 0.3 is 0 Å². The Balaban J connectivity index is 1.09. The number of hydrogen-bond acceptors (Lipinski definition) is 7. The number of ether oxygens (including phenoxy) is 3. The molecule has 0 spiro atoms. The van der Waals surface area contributed by atoms with Gasteiger partial charge in [0.15, 0.2) is 19.5 Å². The van der Waals surface area contributed by atoms with Crippen LogP contribution in [0.3, 0.4) is 0 Å². The van der Waals surface area contributed by atoms with E-state index < -0.39 is 0 Å². The number of aromatic nitrogens is 1. The maximum absolute atomic E-state index is 13.4. The number of piperidine rings is 1. The van der Waals surface area contributed by atoms with Crippen molar-refractivity contribution >= 4 is 24.8 Å². The van der Waals surface area contributed by atoms with Gasteiger partial charge in [0.25, 0.3) is 11.5 Å². The van der Waals surface area contributed by atoms with Crippen LogP contribution in [0.4, 0.5) is 0 Å². The van der Waals surface area contributed by atoms with Crippen molar-refractivity contribution < 1.29 is 19.0 Å². The fraction of sp³-hybridized carbons (Fsp3) is 0.500. The van der Waals surface area contributed by atoms with E-state index in [2.05, 4.69) is 35.1 Å². The number of carbonyl (C=O) groups excluding carboxylic acids is 1. The zero-order valence-corrected chi connectivity index (χ0v) is 24.8. The lowest BCUT2D eigenvalue weighted by Gasteiger charge is -2.37. The molecule has 2 aromatic carbocycles. The number of methoxy groups -OCH3 is 1. The van der Waals surface area contributed by atoms with Crippen molar-refractivity contribution in [2.24, 2.45) is 0 Å². The largest absolute Gasteiger partial charge is 0.497 e. The molecular formula is C32H41BN4O5. The number of likely N-dealkylation sites (tertiary alicyclic amines) is 1. The summed E-state index contributed by atoms with van der Waals surface area (Å²) in [4.78, 5) is 31.4. The summed E-state index contributed by atoms with van der Waals surface area (Å²) in [5, 5.41) is 3.93. The molecule has 6 rings (SSSR count). The van der Waals surface area contributed by atoms with Crippen molar-refractivity contribution in [3.05, 3.63) is 63.9 Å². The monoisotopic (exact) mass is 572 g/mol. The Labute approximate surface area is 248 Å². The van der Waals surface area contributed by atoms with Crippen molar-refractivity contribution in [2.45, 2.75) is 63.7 Å². The summed E-state index contributed by atoms with van der Waals surface area (Å²) in [6, 6.07) is 14.1. The van der Waals surface area contributed by atoms with Gasteiger partial charge < -0.3 is 33.8 Å². The minimum Gasteiger partial charge on any atom is -0.497 e. The first kappa shape index (κ1) is 28.6. The Hall–Kier alpha value is -3.50. The minimum absolute atomic E-state index is 0.152. The topological polar surface area (TPSA) is 85.3 Å². The molecule has 42 heavy (non-hydrogen) atoms. The zero-order valence-electron chi connectivity index (χ0n) is 24.8. The molecule has 3 aliphatic rings.